The summed E-state index contributed by atoms with van der Waals surface area (Å²) in [6, 6.07) is 9.26. The van der Waals surface area contributed by atoms with E-state index in [1.807, 2.05) is 0 Å². The van der Waals surface area contributed by atoms with Crippen molar-refractivity contribution in [3.05, 3.63) is 59.5 Å². The Morgan fingerprint density at radius 3 is 2.33 bits per heavy atom. The summed E-state index contributed by atoms with van der Waals surface area (Å²) in [6.45, 7) is 0. The summed E-state index contributed by atoms with van der Waals surface area (Å²) in [5.41, 5.74) is 0.287. The van der Waals surface area contributed by atoms with Gasteiger partial charge in [-0.15, -0.1) is 21.5 Å². The number of nitrogens with zero attached hydrogens (tertiary/aromatic N) is 2. The van der Waals surface area contributed by atoms with Crippen LogP contribution in [0.2, 0.25) is 0 Å². The Labute approximate surface area is 140 Å². The van der Waals surface area contributed by atoms with Gasteiger partial charge in [-0.1, -0.05) is 6.07 Å². The first kappa shape index (κ1) is 16.3. The average Bonchev–Trinajstić information content (AvgIpc) is 3.08. The van der Waals surface area contributed by atoms with Crippen LogP contribution < -0.4 is 10.0 Å². The lowest BCUT2D eigenvalue weighted by atomic mass is 10.3. The highest BCUT2D eigenvalue weighted by atomic mass is 32.2. The Bertz CT molecular complexity index is 945. The lowest BCUT2D eigenvalue weighted by Crippen LogP contribution is -2.13. The molecule has 0 saturated carbocycles. The third kappa shape index (κ3) is 3.66. The smallest absolute Gasteiger partial charge is 0.272 e. The van der Waals surface area contributed by atoms with Gasteiger partial charge >= 0.3 is 0 Å². The number of rotatable bonds is 5. The lowest BCUT2D eigenvalue weighted by molar-refractivity contribution is 0.509. The van der Waals surface area contributed by atoms with Crippen molar-refractivity contribution in [2.24, 2.45) is 0 Å². The molecule has 2 heterocycles. The first-order valence-electron chi connectivity index (χ1n) is 6.56. The minimum atomic E-state index is -3.70. The van der Waals surface area contributed by atoms with Crippen molar-refractivity contribution in [2.45, 2.75) is 4.21 Å². The number of benzene rings is 1. The Morgan fingerprint density at radius 2 is 1.71 bits per heavy atom. The molecule has 0 radical (unpaired) electrons. The molecule has 0 amide bonds. The molecule has 0 spiro atoms. The van der Waals surface area contributed by atoms with Gasteiger partial charge in [0, 0.05) is 11.8 Å². The van der Waals surface area contributed by atoms with E-state index in [0.29, 0.717) is 0 Å². The van der Waals surface area contributed by atoms with E-state index >= 15 is 0 Å². The molecule has 0 aliphatic rings. The van der Waals surface area contributed by atoms with E-state index in [1.165, 1.54) is 24.3 Å². The predicted octanol–water partition coefficient (Wildman–Crippen LogP) is 3.36. The van der Waals surface area contributed by atoms with Gasteiger partial charge in [0.1, 0.15) is 4.21 Å². The van der Waals surface area contributed by atoms with Crippen LogP contribution in [0, 0.1) is 11.6 Å². The summed E-state index contributed by atoms with van der Waals surface area (Å²) in [4.78, 5) is 0. The van der Waals surface area contributed by atoms with Crippen LogP contribution in [0.25, 0.3) is 0 Å². The van der Waals surface area contributed by atoms with Gasteiger partial charge in [-0.25, -0.2) is 17.2 Å². The molecule has 6 nitrogen and oxygen atoms in total. The monoisotopic (exact) mass is 368 g/mol. The molecule has 1 aromatic carbocycles. The fraction of sp³-hybridized carbons (Fsp3) is 0. The van der Waals surface area contributed by atoms with E-state index in [-0.39, 0.29) is 21.5 Å². The molecule has 2 N–H and O–H groups in total. The number of hydrogen-bond acceptors (Lipinski definition) is 6. The maximum Gasteiger partial charge on any atom is 0.272 e. The lowest BCUT2D eigenvalue weighted by Gasteiger charge is -2.07. The Hall–Kier alpha value is -2.59. The highest BCUT2D eigenvalue weighted by Gasteiger charge is 2.16. The highest BCUT2D eigenvalue weighted by molar-refractivity contribution is 7.94. The molecule has 0 saturated heterocycles. The second-order valence-corrected chi connectivity index (χ2v) is 7.45. The molecule has 3 rings (SSSR count). The van der Waals surface area contributed by atoms with Crippen molar-refractivity contribution in [2.75, 3.05) is 10.0 Å². The average molecular weight is 368 g/mol. The number of halogens is 2. The fourth-order valence-corrected chi connectivity index (χ4v) is 3.77. The molecule has 24 heavy (non-hydrogen) atoms. The number of aromatic nitrogens is 2. The second-order valence-electron chi connectivity index (χ2n) is 4.60. The van der Waals surface area contributed by atoms with Crippen LogP contribution in [-0.2, 0) is 10.0 Å². The van der Waals surface area contributed by atoms with Crippen LogP contribution in [-0.4, -0.2) is 18.6 Å². The Morgan fingerprint density at radius 1 is 0.958 bits per heavy atom. The van der Waals surface area contributed by atoms with Gasteiger partial charge in [0.15, 0.2) is 23.3 Å². The standard InChI is InChI=1S/C14H10F2N4O2S2/c15-10-4-3-9(8-11(10)16)17-12-5-6-13(19-18-12)20-24(21,22)14-2-1-7-23-14/h1-8H,(H,17,18)(H,19,20). The quantitative estimate of drug-likeness (QED) is 0.721. The van der Waals surface area contributed by atoms with E-state index < -0.39 is 21.7 Å². The molecular weight excluding hydrogens is 358 g/mol. The van der Waals surface area contributed by atoms with Gasteiger partial charge in [-0.05, 0) is 35.7 Å². The molecule has 0 aliphatic carbocycles. The summed E-state index contributed by atoms with van der Waals surface area (Å²) in [7, 11) is -3.70. The van der Waals surface area contributed by atoms with Crippen LogP contribution in [0.15, 0.2) is 52.1 Å². The van der Waals surface area contributed by atoms with E-state index in [2.05, 4.69) is 20.2 Å². The van der Waals surface area contributed by atoms with E-state index in [4.69, 9.17) is 0 Å². The van der Waals surface area contributed by atoms with Crippen molar-refractivity contribution >= 4 is 38.7 Å². The maximum absolute atomic E-state index is 13.1. The molecule has 0 bridgehead atoms. The molecule has 124 valence electrons. The summed E-state index contributed by atoms with van der Waals surface area (Å²) in [5.74, 6) is -1.66. The van der Waals surface area contributed by atoms with Gasteiger partial charge in [-0.3, -0.25) is 4.72 Å². The van der Waals surface area contributed by atoms with Gasteiger partial charge in [0.05, 0.1) is 0 Å². The molecular formula is C14H10F2N4O2S2. The van der Waals surface area contributed by atoms with Crippen LogP contribution in [0.3, 0.4) is 0 Å². The molecule has 10 heteroatoms. The molecule has 0 atom stereocenters. The SMILES string of the molecule is O=S(=O)(Nc1ccc(Nc2ccc(F)c(F)c2)nn1)c1cccs1. The van der Waals surface area contributed by atoms with Gasteiger partial charge in [0.25, 0.3) is 10.0 Å². The third-order valence-corrected chi connectivity index (χ3v) is 5.61. The van der Waals surface area contributed by atoms with Crippen molar-refractivity contribution < 1.29 is 17.2 Å². The van der Waals surface area contributed by atoms with Crippen LogP contribution in [0.4, 0.5) is 26.1 Å². The Balaban J connectivity index is 1.72. The molecule has 3 aromatic rings. The highest BCUT2D eigenvalue weighted by Crippen LogP contribution is 2.20. The van der Waals surface area contributed by atoms with Crippen LogP contribution in [0.5, 0.6) is 0 Å². The summed E-state index contributed by atoms with van der Waals surface area (Å²) >= 11 is 1.08. The summed E-state index contributed by atoms with van der Waals surface area (Å²) in [6.07, 6.45) is 0. The number of thiophene rings is 1. The largest absolute Gasteiger partial charge is 0.339 e. The number of anilines is 3. The maximum atomic E-state index is 13.1. The van der Waals surface area contributed by atoms with Gasteiger partial charge < -0.3 is 5.32 Å². The van der Waals surface area contributed by atoms with Crippen molar-refractivity contribution in [1.82, 2.24) is 10.2 Å². The van der Waals surface area contributed by atoms with Crippen LogP contribution >= 0.6 is 11.3 Å². The molecule has 2 aromatic heterocycles. The minimum Gasteiger partial charge on any atom is -0.339 e. The number of hydrogen-bond donors (Lipinski definition) is 2. The third-order valence-electron chi connectivity index (χ3n) is 2.86. The summed E-state index contributed by atoms with van der Waals surface area (Å²) in [5, 5.41) is 11.9. The zero-order valence-corrected chi connectivity index (χ0v) is 13.5. The predicted molar refractivity (Wildman–Crippen MR) is 86.8 cm³/mol. The molecule has 0 fully saturated rings. The van der Waals surface area contributed by atoms with Gasteiger partial charge in [0.2, 0.25) is 0 Å². The van der Waals surface area contributed by atoms with E-state index in [9.17, 15) is 17.2 Å². The van der Waals surface area contributed by atoms with Gasteiger partial charge in [-0.2, -0.15) is 0 Å². The first-order valence-corrected chi connectivity index (χ1v) is 8.92. The van der Waals surface area contributed by atoms with E-state index in [1.54, 1.807) is 11.4 Å². The first-order chi connectivity index (χ1) is 11.4. The Kier molecular flexibility index (Phi) is 4.40. The topological polar surface area (TPSA) is 84.0 Å². The molecule has 0 aliphatic heterocycles. The van der Waals surface area contributed by atoms with E-state index in [0.717, 1.165) is 23.5 Å². The number of nitrogens with one attached hydrogen (secondary N) is 2. The van der Waals surface area contributed by atoms with Crippen molar-refractivity contribution in [1.29, 1.82) is 0 Å². The van der Waals surface area contributed by atoms with Crippen molar-refractivity contribution in [3.63, 3.8) is 0 Å². The second kappa shape index (κ2) is 6.49. The fourth-order valence-electron chi connectivity index (χ4n) is 1.78. The molecule has 0 unspecified atom stereocenters. The van der Waals surface area contributed by atoms with Crippen molar-refractivity contribution in [3.8, 4) is 0 Å². The zero-order chi connectivity index (χ0) is 17.2. The summed E-state index contributed by atoms with van der Waals surface area (Å²) < 4.78 is 52.6. The minimum absolute atomic E-state index is 0.0410. The number of sulfonamides is 1. The normalized spacial score (nSPS) is 11.2. The van der Waals surface area contributed by atoms with Crippen LogP contribution in [0.1, 0.15) is 0 Å². The zero-order valence-electron chi connectivity index (χ0n) is 11.9.